The van der Waals surface area contributed by atoms with Crippen molar-refractivity contribution in [3.05, 3.63) is 94.8 Å². The largest absolute Gasteiger partial charge is 0.508 e. The number of phenolic OH excluding ortho intramolecular Hbond substituents is 1. The molecule has 1 aliphatic carbocycles. The number of benzene rings is 3. The topological polar surface area (TPSA) is 70.6 Å². The lowest BCUT2D eigenvalue weighted by Gasteiger charge is -2.38. The molecule has 0 spiro atoms. The van der Waals surface area contributed by atoms with E-state index in [1.54, 1.807) is 30.3 Å². The molecular formula is C27H23F7N2O3. The van der Waals surface area contributed by atoms with Gasteiger partial charge in [-0.1, -0.05) is 36.4 Å². The molecule has 5 nitrogen and oxygen atoms in total. The molecule has 12 heteroatoms. The SMILES string of the molecule is COc1cc([C@@](Cc2ccccc2)(NC(=O)NC2(C(F)(F)F)CC2)c2cc(O)cc(C(F)(F)F)c2)ccc1F. The first-order valence-corrected chi connectivity index (χ1v) is 11.7. The molecule has 39 heavy (non-hydrogen) atoms. The third-order valence-electron chi connectivity index (χ3n) is 6.67. The Labute approximate surface area is 218 Å². The number of ether oxygens (including phenoxy) is 1. The van der Waals surface area contributed by atoms with Crippen LogP contribution in [0.25, 0.3) is 0 Å². The van der Waals surface area contributed by atoms with Gasteiger partial charge >= 0.3 is 18.4 Å². The maximum absolute atomic E-state index is 14.4. The number of hydrogen-bond donors (Lipinski definition) is 3. The Morgan fingerprint density at radius 3 is 2.13 bits per heavy atom. The lowest BCUT2D eigenvalue weighted by atomic mass is 9.77. The Morgan fingerprint density at radius 1 is 0.923 bits per heavy atom. The van der Waals surface area contributed by atoms with Gasteiger partial charge < -0.3 is 20.5 Å². The van der Waals surface area contributed by atoms with Crippen molar-refractivity contribution < 1.29 is 45.4 Å². The van der Waals surface area contributed by atoms with E-state index in [-0.39, 0.29) is 36.1 Å². The number of urea groups is 1. The zero-order chi connectivity index (χ0) is 28.6. The van der Waals surface area contributed by atoms with Crippen LogP contribution in [0.5, 0.6) is 11.5 Å². The van der Waals surface area contributed by atoms with Crippen molar-refractivity contribution in [3.8, 4) is 11.5 Å². The molecule has 1 aliphatic rings. The minimum absolute atomic E-state index is 0.00432. The first-order chi connectivity index (χ1) is 18.2. The molecule has 1 saturated carbocycles. The predicted molar refractivity (Wildman–Crippen MR) is 127 cm³/mol. The van der Waals surface area contributed by atoms with Crippen molar-refractivity contribution in [1.82, 2.24) is 10.6 Å². The Kier molecular flexibility index (Phi) is 7.18. The summed E-state index contributed by atoms with van der Waals surface area (Å²) in [6.07, 6.45) is -10.7. The molecule has 0 unspecified atom stereocenters. The molecule has 0 radical (unpaired) electrons. The lowest BCUT2D eigenvalue weighted by Crippen LogP contribution is -2.57. The number of carbonyl (C=O) groups excluding carboxylic acids is 1. The molecule has 3 aromatic carbocycles. The van der Waals surface area contributed by atoms with Crippen LogP contribution in [0.2, 0.25) is 0 Å². The van der Waals surface area contributed by atoms with Crippen molar-refractivity contribution in [2.24, 2.45) is 0 Å². The number of carbonyl (C=O) groups is 1. The van der Waals surface area contributed by atoms with E-state index in [4.69, 9.17) is 4.74 Å². The fourth-order valence-corrected chi connectivity index (χ4v) is 4.45. The van der Waals surface area contributed by atoms with Crippen LogP contribution in [0.4, 0.5) is 35.5 Å². The molecule has 0 aromatic heterocycles. The average molecular weight is 556 g/mol. The van der Waals surface area contributed by atoms with Gasteiger partial charge in [-0.25, -0.2) is 9.18 Å². The van der Waals surface area contributed by atoms with Gasteiger partial charge in [0.05, 0.1) is 18.2 Å². The molecule has 3 aromatic rings. The second kappa shape index (κ2) is 9.97. The summed E-state index contributed by atoms with van der Waals surface area (Å²) in [5.74, 6) is -1.94. The monoisotopic (exact) mass is 556 g/mol. The van der Waals surface area contributed by atoms with E-state index in [2.05, 4.69) is 5.32 Å². The highest BCUT2D eigenvalue weighted by molar-refractivity contribution is 5.78. The quantitative estimate of drug-likeness (QED) is 0.294. The number of halogens is 7. The van der Waals surface area contributed by atoms with Gasteiger partial charge in [-0.15, -0.1) is 0 Å². The average Bonchev–Trinajstić information content (AvgIpc) is 3.64. The summed E-state index contributed by atoms with van der Waals surface area (Å²) in [6, 6.07) is 12.2. The van der Waals surface area contributed by atoms with Gasteiger partial charge in [0.25, 0.3) is 0 Å². The Balaban J connectivity index is 1.95. The van der Waals surface area contributed by atoms with Gasteiger partial charge in [0.15, 0.2) is 11.6 Å². The fourth-order valence-electron chi connectivity index (χ4n) is 4.45. The van der Waals surface area contributed by atoms with E-state index < -0.39 is 46.6 Å². The van der Waals surface area contributed by atoms with Crippen molar-refractivity contribution in [3.63, 3.8) is 0 Å². The van der Waals surface area contributed by atoms with Gasteiger partial charge in [0.2, 0.25) is 0 Å². The summed E-state index contributed by atoms with van der Waals surface area (Å²) in [7, 11) is 1.15. The van der Waals surface area contributed by atoms with E-state index in [9.17, 15) is 40.6 Å². The van der Waals surface area contributed by atoms with Crippen LogP contribution in [-0.4, -0.2) is 30.0 Å². The van der Waals surface area contributed by atoms with Crippen molar-refractivity contribution in [2.45, 2.75) is 42.7 Å². The number of alkyl halides is 6. The first kappa shape index (κ1) is 28.1. The van der Waals surface area contributed by atoms with E-state index >= 15 is 0 Å². The van der Waals surface area contributed by atoms with Crippen molar-refractivity contribution in [1.29, 1.82) is 0 Å². The molecule has 0 aliphatic heterocycles. The smallest absolute Gasteiger partial charge is 0.416 e. The third-order valence-corrected chi connectivity index (χ3v) is 6.67. The molecule has 1 fully saturated rings. The highest BCUT2D eigenvalue weighted by Crippen LogP contribution is 2.49. The van der Waals surface area contributed by atoms with Crippen LogP contribution in [0.1, 0.15) is 35.1 Å². The summed E-state index contributed by atoms with van der Waals surface area (Å²) in [5, 5.41) is 14.6. The van der Waals surface area contributed by atoms with E-state index in [0.29, 0.717) is 17.7 Å². The van der Waals surface area contributed by atoms with E-state index in [0.717, 1.165) is 25.3 Å². The maximum Gasteiger partial charge on any atom is 0.416 e. The van der Waals surface area contributed by atoms with Gasteiger partial charge in [-0.05, 0) is 59.9 Å². The summed E-state index contributed by atoms with van der Waals surface area (Å²) < 4.78 is 101. The van der Waals surface area contributed by atoms with Crippen LogP contribution >= 0.6 is 0 Å². The van der Waals surface area contributed by atoms with Gasteiger partial charge in [0.1, 0.15) is 11.3 Å². The Hall–Kier alpha value is -3.96. The van der Waals surface area contributed by atoms with Gasteiger partial charge in [0, 0.05) is 6.42 Å². The molecule has 208 valence electrons. The fraction of sp³-hybridized carbons (Fsp3) is 0.296. The molecule has 1 atom stereocenters. The number of aromatic hydroxyl groups is 1. The summed E-state index contributed by atoms with van der Waals surface area (Å²) in [4.78, 5) is 13.2. The summed E-state index contributed by atoms with van der Waals surface area (Å²) >= 11 is 0. The van der Waals surface area contributed by atoms with Gasteiger partial charge in [-0.2, -0.15) is 26.3 Å². The molecule has 2 amide bonds. The molecule has 0 bridgehead atoms. The zero-order valence-electron chi connectivity index (χ0n) is 20.4. The lowest BCUT2D eigenvalue weighted by molar-refractivity contribution is -0.162. The van der Waals surface area contributed by atoms with Crippen LogP contribution in [0.3, 0.4) is 0 Å². The normalized spacial score (nSPS) is 16.2. The second-order valence-electron chi connectivity index (χ2n) is 9.34. The highest BCUT2D eigenvalue weighted by atomic mass is 19.4. The number of hydrogen-bond acceptors (Lipinski definition) is 3. The first-order valence-electron chi connectivity index (χ1n) is 11.7. The number of phenols is 1. The Morgan fingerprint density at radius 2 is 1.56 bits per heavy atom. The molecule has 0 heterocycles. The predicted octanol–water partition coefficient (Wildman–Crippen LogP) is 6.44. The standard InChI is InChI=1S/C27H23F7N2O3/c1-39-22-14-17(7-8-21(22)28)25(15-16-5-3-2-4-6-16,18-11-19(26(29,30)31)13-20(37)12-18)36-23(38)35-24(9-10-24)27(32,33)34/h2-8,11-14,37H,9-10,15H2,1H3,(H2,35,36,38)/t25-/m1/s1. The number of amides is 2. The molecule has 4 rings (SSSR count). The number of nitrogens with one attached hydrogen (secondary N) is 2. The second-order valence-corrected chi connectivity index (χ2v) is 9.34. The zero-order valence-corrected chi connectivity index (χ0v) is 20.4. The third kappa shape index (κ3) is 5.74. The van der Waals surface area contributed by atoms with Crippen LogP contribution in [0.15, 0.2) is 66.7 Å². The maximum atomic E-state index is 14.4. The summed E-state index contributed by atoms with van der Waals surface area (Å²) in [5.41, 5.74) is -5.61. The molecule has 3 N–H and O–H groups in total. The molecule has 0 saturated heterocycles. The van der Waals surface area contributed by atoms with E-state index in [1.165, 1.54) is 6.07 Å². The van der Waals surface area contributed by atoms with Crippen LogP contribution in [-0.2, 0) is 18.1 Å². The minimum atomic E-state index is -4.91. The summed E-state index contributed by atoms with van der Waals surface area (Å²) in [6.45, 7) is 0. The van der Waals surface area contributed by atoms with Gasteiger partial charge in [-0.3, -0.25) is 0 Å². The Bertz CT molecular complexity index is 1360. The minimum Gasteiger partial charge on any atom is -0.508 e. The van der Waals surface area contributed by atoms with Crippen LogP contribution < -0.4 is 15.4 Å². The van der Waals surface area contributed by atoms with Crippen LogP contribution in [0, 0.1) is 5.82 Å². The number of methoxy groups -OCH3 is 1. The van der Waals surface area contributed by atoms with Crippen molar-refractivity contribution in [2.75, 3.05) is 7.11 Å². The van der Waals surface area contributed by atoms with Crippen molar-refractivity contribution >= 4 is 6.03 Å². The highest BCUT2D eigenvalue weighted by Gasteiger charge is 2.64. The van der Waals surface area contributed by atoms with E-state index in [1.807, 2.05) is 5.32 Å². The molecular weight excluding hydrogens is 533 g/mol. The number of rotatable bonds is 7.